The van der Waals surface area contributed by atoms with Crippen LogP contribution in [-0.2, 0) is 19.0 Å². The number of unbranched alkanes of at least 4 members (excludes halogenated alkanes) is 5. The highest BCUT2D eigenvalue weighted by atomic mass is 16.7. The van der Waals surface area contributed by atoms with Gasteiger partial charge in [0.2, 0.25) is 0 Å². The molecule has 2 atom stereocenters. The standard InChI is InChI=1S/C28H40O4/c1-2-3-4-5-6-7-8-9-10-11-12-13-14-15-19-22-27(29)30-23-26-24-31-28(32-26)25-20-17-16-18-21-25/h3-4,6-7,9-10,16-18,20-21,26,28H,2,5,8,11-15,19,22-24H2,1H3. The van der Waals surface area contributed by atoms with E-state index in [-0.39, 0.29) is 25.0 Å². The van der Waals surface area contributed by atoms with Crippen LogP contribution in [0.2, 0.25) is 0 Å². The summed E-state index contributed by atoms with van der Waals surface area (Å²) in [5.74, 6) is -0.141. The molecule has 4 heteroatoms. The van der Waals surface area contributed by atoms with Gasteiger partial charge in [-0.25, -0.2) is 0 Å². The van der Waals surface area contributed by atoms with Crippen LogP contribution in [0.25, 0.3) is 0 Å². The smallest absolute Gasteiger partial charge is 0.305 e. The fraction of sp³-hybridized carbons (Fsp3) is 0.536. The lowest BCUT2D eigenvalue weighted by Gasteiger charge is -2.12. The molecule has 0 aliphatic carbocycles. The minimum Gasteiger partial charge on any atom is -0.463 e. The molecule has 0 bridgehead atoms. The van der Waals surface area contributed by atoms with Crippen LogP contribution in [0.15, 0.2) is 66.8 Å². The highest BCUT2D eigenvalue weighted by Crippen LogP contribution is 2.26. The topological polar surface area (TPSA) is 44.8 Å². The maximum Gasteiger partial charge on any atom is 0.305 e. The van der Waals surface area contributed by atoms with E-state index in [1.54, 1.807) is 0 Å². The zero-order chi connectivity index (χ0) is 22.7. The maximum absolute atomic E-state index is 11.9. The molecule has 0 radical (unpaired) electrons. The number of hydrogen-bond acceptors (Lipinski definition) is 4. The summed E-state index contributed by atoms with van der Waals surface area (Å²) in [6.07, 6.45) is 23.2. The van der Waals surface area contributed by atoms with Crippen molar-refractivity contribution >= 4 is 5.97 Å². The minimum absolute atomic E-state index is 0.141. The molecule has 1 aromatic carbocycles. The monoisotopic (exact) mass is 440 g/mol. The molecular weight excluding hydrogens is 400 g/mol. The Labute approximate surface area is 194 Å². The number of carbonyl (C=O) groups is 1. The molecule has 0 amide bonds. The van der Waals surface area contributed by atoms with E-state index in [9.17, 15) is 4.79 Å². The van der Waals surface area contributed by atoms with Gasteiger partial charge in [0, 0.05) is 12.0 Å². The van der Waals surface area contributed by atoms with E-state index >= 15 is 0 Å². The van der Waals surface area contributed by atoms with Crippen molar-refractivity contribution in [2.24, 2.45) is 0 Å². The summed E-state index contributed by atoms with van der Waals surface area (Å²) in [4.78, 5) is 11.9. The lowest BCUT2D eigenvalue weighted by atomic mass is 10.1. The molecule has 4 nitrogen and oxygen atoms in total. The van der Waals surface area contributed by atoms with Crippen LogP contribution in [0, 0.1) is 0 Å². The fourth-order valence-electron chi connectivity index (χ4n) is 3.47. The Morgan fingerprint density at radius 3 is 2.41 bits per heavy atom. The van der Waals surface area contributed by atoms with E-state index in [1.807, 2.05) is 30.3 Å². The van der Waals surface area contributed by atoms with Crippen LogP contribution in [-0.4, -0.2) is 25.3 Å². The molecule has 1 aliphatic rings. The Hall–Kier alpha value is -2.17. The molecule has 32 heavy (non-hydrogen) atoms. The van der Waals surface area contributed by atoms with Gasteiger partial charge < -0.3 is 14.2 Å². The van der Waals surface area contributed by atoms with Crippen LogP contribution in [0.4, 0.5) is 0 Å². The number of allylic oxidation sites excluding steroid dienone is 6. The van der Waals surface area contributed by atoms with Gasteiger partial charge in [0.25, 0.3) is 0 Å². The molecule has 1 aromatic rings. The van der Waals surface area contributed by atoms with Crippen molar-refractivity contribution in [1.82, 2.24) is 0 Å². The van der Waals surface area contributed by atoms with Crippen molar-refractivity contribution in [1.29, 1.82) is 0 Å². The molecule has 2 unspecified atom stereocenters. The summed E-state index contributed by atoms with van der Waals surface area (Å²) < 4.78 is 16.8. The molecule has 176 valence electrons. The quantitative estimate of drug-likeness (QED) is 0.154. The molecule has 0 aromatic heterocycles. The largest absolute Gasteiger partial charge is 0.463 e. The van der Waals surface area contributed by atoms with E-state index in [2.05, 4.69) is 43.4 Å². The average Bonchev–Trinajstić information content (AvgIpc) is 3.30. The molecule has 1 heterocycles. The van der Waals surface area contributed by atoms with Gasteiger partial charge in [-0.1, -0.05) is 93.0 Å². The number of ether oxygens (including phenoxy) is 3. The van der Waals surface area contributed by atoms with Crippen LogP contribution in [0.1, 0.15) is 83.0 Å². The lowest BCUT2D eigenvalue weighted by Crippen LogP contribution is -2.20. The zero-order valence-electron chi connectivity index (χ0n) is 19.6. The molecule has 1 saturated heterocycles. The summed E-state index contributed by atoms with van der Waals surface area (Å²) in [5, 5.41) is 0. The van der Waals surface area contributed by atoms with Gasteiger partial charge in [0.1, 0.15) is 12.7 Å². The third kappa shape index (κ3) is 12.0. The van der Waals surface area contributed by atoms with Gasteiger partial charge in [-0.15, -0.1) is 0 Å². The fourth-order valence-corrected chi connectivity index (χ4v) is 3.47. The SMILES string of the molecule is CCC=CCC=CCC=CCCCCCCCC(=O)OCC1COC(c2ccccc2)O1. The second-order valence-electron chi connectivity index (χ2n) is 8.12. The first kappa shape index (κ1) is 26.1. The van der Waals surface area contributed by atoms with E-state index in [1.165, 1.54) is 19.3 Å². The summed E-state index contributed by atoms with van der Waals surface area (Å²) in [6, 6.07) is 9.82. The molecule has 0 saturated carbocycles. The number of rotatable bonds is 16. The first-order valence-electron chi connectivity index (χ1n) is 12.2. The van der Waals surface area contributed by atoms with Gasteiger partial charge >= 0.3 is 5.97 Å². The first-order valence-corrected chi connectivity index (χ1v) is 12.2. The summed E-state index contributed by atoms with van der Waals surface area (Å²) in [5.41, 5.74) is 0.990. The van der Waals surface area contributed by atoms with Gasteiger partial charge in [-0.2, -0.15) is 0 Å². The zero-order valence-corrected chi connectivity index (χ0v) is 19.6. The second kappa shape index (κ2) is 17.4. The van der Waals surface area contributed by atoms with Crippen LogP contribution in [0.3, 0.4) is 0 Å². The van der Waals surface area contributed by atoms with E-state index in [4.69, 9.17) is 14.2 Å². The molecule has 1 fully saturated rings. The van der Waals surface area contributed by atoms with Crippen molar-refractivity contribution < 1.29 is 19.0 Å². The second-order valence-corrected chi connectivity index (χ2v) is 8.12. The third-order valence-corrected chi connectivity index (χ3v) is 5.28. The Bertz CT molecular complexity index is 693. The number of carbonyl (C=O) groups excluding carboxylic acids is 1. The highest BCUT2D eigenvalue weighted by molar-refractivity contribution is 5.69. The summed E-state index contributed by atoms with van der Waals surface area (Å²) in [7, 11) is 0. The molecular formula is C28H40O4. The third-order valence-electron chi connectivity index (χ3n) is 5.28. The van der Waals surface area contributed by atoms with Crippen LogP contribution in [0.5, 0.6) is 0 Å². The van der Waals surface area contributed by atoms with Crippen molar-refractivity contribution in [3.05, 3.63) is 72.4 Å². The lowest BCUT2D eigenvalue weighted by molar-refractivity contribution is -0.148. The highest BCUT2D eigenvalue weighted by Gasteiger charge is 2.28. The molecule has 0 N–H and O–H groups in total. The molecule has 0 spiro atoms. The normalized spacial score (nSPS) is 18.9. The van der Waals surface area contributed by atoms with Crippen molar-refractivity contribution in [2.45, 2.75) is 83.5 Å². The average molecular weight is 441 g/mol. The minimum atomic E-state index is -0.362. The summed E-state index contributed by atoms with van der Waals surface area (Å²) >= 11 is 0. The number of esters is 1. The van der Waals surface area contributed by atoms with Gasteiger partial charge in [0.05, 0.1) is 6.61 Å². The predicted octanol–water partition coefficient (Wildman–Crippen LogP) is 7.23. The molecule has 1 aliphatic heterocycles. The number of hydrogen-bond donors (Lipinski definition) is 0. The van der Waals surface area contributed by atoms with Crippen molar-refractivity contribution in [3.63, 3.8) is 0 Å². The van der Waals surface area contributed by atoms with E-state index < -0.39 is 0 Å². The first-order chi connectivity index (χ1) is 15.8. The Balaban J connectivity index is 1.39. The predicted molar refractivity (Wildman–Crippen MR) is 130 cm³/mol. The maximum atomic E-state index is 11.9. The van der Waals surface area contributed by atoms with Crippen LogP contribution < -0.4 is 0 Å². The van der Waals surface area contributed by atoms with Gasteiger partial charge in [0.15, 0.2) is 6.29 Å². The van der Waals surface area contributed by atoms with Gasteiger partial charge in [-0.3, -0.25) is 4.79 Å². The summed E-state index contributed by atoms with van der Waals surface area (Å²) in [6.45, 7) is 2.87. The van der Waals surface area contributed by atoms with Crippen molar-refractivity contribution in [3.8, 4) is 0 Å². The van der Waals surface area contributed by atoms with Crippen molar-refractivity contribution in [2.75, 3.05) is 13.2 Å². The van der Waals surface area contributed by atoms with Crippen LogP contribution >= 0.6 is 0 Å². The Morgan fingerprint density at radius 1 is 0.938 bits per heavy atom. The van der Waals surface area contributed by atoms with E-state index in [0.29, 0.717) is 13.0 Å². The Kier molecular flexibility index (Phi) is 14.2. The van der Waals surface area contributed by atoms with Gasteiger partial charge in [-0.05, 0) is 38.5 Å². The number of benzene rings is 1. The van der Waals surface area contributed by atoms with E-state index in [0.717, 1.165) is 44.1 Å². The Morgan fingerprint density at radius 2 is 1.62 bits per heavy atom. The molecule has 2 rings (SSSR count).